The van der Waals surface area contributed by atoms with Crippen LogP contribution in [0.2, 0.25) is 0 Å². The highest BCUT2D eigenvalue weighted by Gasteiger charge is 2.22. The highest BCUT2D eigenvalue weighted by atomic mass is 16.5. The van der Waals surface area contributed by atoms with E-state index in [2.05, 4.69) is 15.6 Å². The second-order valence-corrected chi connectivity index (χ2v) is 8.02. The summed E-state index contributed by atoms with van der Waals surface area (Å²) in [6.45, 7) is 6.89. The fraction of sp³-hybridized carbons (Fsp3) is 0.800. The number of fused-ring (bicyclic) bond motifs is 1. The predicted octanol–water partition coefficient (Wildman–Crippen LogP) is 2.21. The van der Waals surface area contributed by atoms with Crippen molar-refractivity contribution >= 4 is 5.91 Å². The molecule has 0 N–H and O–H groups in total. The Kier molecular flexibility index (Phi) is 5.90. The Morgan fingerprint density at radius 3 is 2.81 bits per heavy atom. The molecular weight excluding hydrogens is 328 g/mol. The van der Waals surface area contributed by atoms with E-state index in [0.29, 0.717) is 18.4 Å². The normalized spacial score (nSPS) is 24.5. The Bertz CT molecular complexity index is 603. The molecule has 0 unspecified atom stereocenters. The molecule has 3 aliphatic rings. The quantitative estimate of drug-likeness (QED) is 0.808. The van der Waals surface area contributed by atoms with Crippen molar-refractivity contribution in [1.29, 1.82) is 0 Å². The first-order chi connectivity index (χ1) is 12.8. The van der Waals surface area contributed by atoms with Gasteiger partial charge < -0.3 is 9.64 Å². The molecule has 1 aromatic heterocycles. The molecule has 4 rings (SSSR count). The molecule has 6 heteroatoms. The molecule has 26 heavy (non-hydrogen) atoms. The molecule has 0 aliphatic carbocycles. The standard InChI is InChI=1S/C20H32N4O2/c25-20(23-10-2-3-11-23)8-7-17-14-18-15-22(9-5-12-24(18)21-17)16-19-6-1-4-13-26-19/h14,19H,1-13,15-16H2/t19-/m1/s1. The topological polar surface area (TPSA) is 50.6 Å². The van der Waals surface area contributed by atoms with Gasteiger partial charge in [0.1, 0.15) is 0 Å². The number of amides is 1. The summed E-state index contributed by atoms with van der Waals surface area (Å²) in [5, 5.41) is 4.78. The maximum absolute atomic E-state index is 12.3. The first-order valence-electron chi connectivity index (χ1n) is 10.5. The number of hydrogen-bond donors (Lipinski definition) is 0. The zero-order valence-electron chi connectivity index (χ0n) is 15.9. The summed E-state index contributed by atoms with van der Waals surface area (Å²) in [7, 11) is 0. The van der Waals surface area contributed by atoms with Crippen molar-refractivity contribution in [2.75, 3.05) is 32.8 Å². The minimum absolute atomic E-state index is 0.293. The summed E-state index contributed by atoms with van der Waals surface area (Å²) in [5.74, 6) is 0.293. The number of hydrogen-bond acceptors (Lipinski definition) is 4. The lowest BCUT2D eigenvalue weighted by Gasteiger charge is -2.28. The number of carbonyl (C=O) groups is 1. The van der Waals surface area contributed by atoms with Crippen molar-refractivity contribution < 1.29 is 9.53 Å². The molecule has 0 saturated carbocycles. The van der Waals surface area contributed by atoms with E-state index >= 15 is 0 Å². The van der Waals surface area contributed by atoms with E-state index in [1.54, 1.807) is 0 Å². The van der Waals surface area contributed by atoms with Crippen molar-refractivity contribution in [2.45, 2.75) is 70.6 Å². The maximum atomic E-state index is 12.3. The predicted molar refractivity (Wildman–Crippen MR) is 99.8 cm³/mol. The zero-order chi connectivity index (χ0) is 17.8. The molecule has 0 spiro atoms. The minimum Gasteiger partial charge on any atom is -0.377 e. The summed E-state index contributed by atoms with van der Waals surface area (Å²) in [5.41, 5.74) is 2.37. The molecule has 0 bridgehead atoms. The number of carbonyl (C=O) groups excluding carboxylic acids is 1. The van der Waals surface area contributed by atoms with Crippen LogP contribution in [0.3, 0.4) is 0 Å². The fourth-order valence-corrected chi connectivity index (χ4v) is 4.47. The van der Waals surface area contributed by atoms with Gasteiger partial charge in [0, 0.05) is 58.7 Å². The Morgan fingerprint density at radius 1 is 1.12 bits per heavy atom. The molecule has 0 aromatic carbocycles. The van der Waals surface area contributed by atoms with Gasteiger partial charge in [-0.15, -0.1) is 0 Å². The van der Waals surface area contributed by atoms with Gasteiger partial charge in [-0.3, -0.25) is 14.4 Å². The monoisotopic (exact) mass is 360 g/mol. The van der Waals surface area contributed by atoms with Gasteiger partial charge in [-0.2, -0.15) is 5.10 Å². The second kappa shape index (κ2) is 8.53. The average molecular weight is 361 g/mol. The Labute approximate surface area is 156 Å². The van der Waals surface area contributed by atoms with Gasteiger partial charge in [0.25, 0.3) is 0 Å². The lowest BCUT2D eigenvalue weighted by Crippen LogP contribution is -2.35. The van der Waals surface area contributed by atoms with E-state index in [0.717, 1.165) is 77.3 Å². The van der Waals surface area contributed by atoms with Crippen molar-refractivity contribution in [3.8, 4) is 0 Å². The third-order valence-electron chi connectivity index (χ3n) is 5.93. The van der Waals surface area contributed by atoms with Crippen LogP contribution in [-0.2, 0) is 29.0 Å². The van der Waals surface area contributed by atoms with Crippen molar-refractivity contribution in [2.24, 2.45) is 0 Å². The first kappa shape index (κ1) is 18.0. The molecule has 144 valence electrons. The van der Waals surface area contributed by atoms with Crippen LogP contribution in [0, 0.1) is 0 Å². The van der Waals surface area contributed by atoms with E-state index in [9.17, 15) is 4.79 Å². The van der Waals surface area contributed by atoms with E-state index in [-0.39, 0.29) is 0 Å². The van der Waals surface area contributed by atoms with Crippen LogP contribution in [0.25, 0.3) is 0 Å². The minimum atomic E-state index is 0.293. The highest BCUT2D eigenvalue weighted by Crippen LogP contribution is 2.19. The largest absolute Gasteiger partial charge is 0.377 e. The summed E-state index contributed by atoms with van der Waals surface area (Å²) in [6.07, 6.45) is 8.91. The molecule has 3 aliphatic heterocycles. The second-order valence-electron chi connectivity index (χ2n) is 8.02. The fourth-order valence-electron chi connectivity index (χ4n) is 4.47. The SMILES string of the molecule is O=C(CCc1cc2n(n1)CCCN(C[C@H]1CCCCO1)C2)N1CCCC1. The number of aromatic nitrogens is 2. The molecule has 2 fully saturated rings. The van der Waals surface area contributed by atoms with Crippen LogP contribution in [-0.4, -0.2) is 64.4 Å². The average Bonchev–Trinajstić information content (AvgIpc) is 3.28. The van der Waals surface area contributed by atoms with Gasteiger partial charge in [-0.05, 0) is 44.6 Å². The Hall–Kier alpha value is -1.40. The van der Waals surface area contributed by atoms with Crippen LogP contribution >= 0.6 is 0 Å². The molecule has 4 heterocycles. The molecule has 2 saturated heterocycles. The van der Waals surface area contributed by atoms with Crippen molar-refractivity contribution in [3.05, 3.63) is 17.5 Å². The van der Waals surface area contributed by atoms with E-state index in [4.69, 9.17) is 9.84 Å². The van der Waals surface area contributed by atoms with Crippen LogP contribution < -0.4 is 0 Å². The van der Waals surface area contributed by atoms with E-state index < -0.39 is 0 Å². The van der Waals surface area contributed by atoms with Gasteiger partial charge in [-0.25, -0.2) is 0 Å². The number of aryl methyl sites for hydroxylation is 2. The van der Waals surface area contributed by atoms with Crippen LogP contribution in [0.4, 0.5) is 0 Å². The molecule has 1 atom stereocenters. The van der Waals surface area contributed by atoms with Gasteiger partial charge in [0.15, 0.2) is 0 Å². The number of nitrogens with zero attached hydrogens (tertiary/aromatic N) is 4. The van der Waals surface area contributed by atoms with Gasteiger partial charge in [0.2, 0.25) is 5.91 Å². The Balaban J connectivity index is 1.32. The zero-order valence-corrected chi connectivity index (χ0v) is 15.9. The number of likely N-dealkylation sites (tertiary alicyclic amines) is 1. The molecule has 0 radical (unpaired) electrons. The van der Waals surface area contributed by atoms with Crippen molar-refractivity contribution in [1.82, 2.24) is 19.6 Å². The van der Waals surface area contributed by atoms with Gasteiger partial charge in [-0.1, -0.05) is 0 Å². The number of ether oxygens (including phenoxy) is 1. The molecule has 6 nitrogen and oxygen atoms in total. The maximum Gasteiger partial charge on any atom is 0.222 e. The smallest absolute Gasteiger partial charge is 0.222 e. The lowest BCUT2D eigenvalue weighted by atomic mass is 10.1. The highest BCUT2D eigenvalue weighted by molar-refractivity contribution is 5.76. The first-order valence-corrected chi connectivity index (χ1v) is 10.5. The summed E-state index contributed by atoms with van der Waals surface area (Å²) < 4.78 is 8.09. The summed E-state index contributed by atoms with van der Waals surface area (Å²) in [6, 6.07) is 2.22. The third-order valence-corrected chi connectivity index (χ3v) is 5.93. The van der Waals surface area contributed by atoms with Crippen LogP contribution in [0.15, 0.2) is 6.07 Å². The third kappa shape index (κ3) is 4.46. The molecule has 1 aromatic rings. The number of rotatable bonds is 5. The van der Waals surface area contributed by atoms with E-state index in [1.807, 2.05) is 4.90 Å². The summed E-state index contributed by atoms with van der Waals surface area (Å²) >= 11 is 0. The van der Waals surface area contributed by atoms with Gasteiger partial charge >= 0.3 is 0 Å². The van der Waals surface area contributed by atoms with E-state index in [1.165, 1.54) is 25.0 Å². The van der Waals surface area contributed by atoms with Crippen molar-refractivity contribution in [3.63, 3.8) is 0 Å². The lowest BCUT2D eigenvalue weighted by molar-refractivity contribution is -0.130. The van der Waals surface area contributed by atoms with Gasteiger partial charge in [0.05, 0.1) is 17.5 Å². The molecule has 1 amide bonds. The Morgan fingerprint density at radius 2 is 2.00 bits per heavy atom. The summed E-state index contributed by atoms with van der Waals surface area (Å²) in [4.78, 5) is 16.8. The molecular formula is C20H32N4O2. The van der Waals surface area contributed by atoms with Crippen LogP contribution in [0.1, 0.15) is 56.3 Å². The van der Waals surface area contributed by atoms with Crippen LogP contribution in [0.5, 0.6) is 0 Å².